The van der Waals surface area contributed by atoms with Gasteiger partial charge in [-0.15, -0.1) is 0 Å². The van der Waals surface area contributed by atoms with E-state index in [1.165, 1.54) is 13.8 Å². The van der Waals surface area contributed by atoms with Crippen molar-refractivity contribution in [1.82, 2.24) is 4.57 Å². The Labute approximate surface area is 265 Å². The van der Waals surface area contributed by atoms with Gasteiger partial charge in [0.1, 0.15) is 5.82 Å². The molecule has 0 aliphatic rings. The molecule has 1 heterocycles. The largest absolute Gasteiger partial charge is 0.481 e. The second-order valence-electron chi connectivity index (χ2n) is 8.79. The summed E-state index contributed by atoms with van der Waals surface area (Å²) in [5.41, 5.74) is -5.01. The molecule has 1 amide bonds. The van der Waals surface area contributed by atoms with Gasteiger partial charge in [-0.2, -0.15) is 0 Å². The summed E-state index contributed by atoms with van der Waals surface area (Å²) >= 11 is 0. The zero-order valence-corrected chi connectivity index (χ0v) is 21.6. The van der Waals surface area contributed by atoms with Crippen molar-refractivity contribution in [3.63, 3.8) is 0 Å². The number of nitrogens with zero attached hydrogens (tertiary/aromatic N) is 1. The van der Waals surface area contributed by atoms with Crippen molar-refractivity contribution in [1.29, 1.82) is 1.43 Å². The van der Waals surface area contributed by atoms with Crippen molar-refractivity contribution in [3.05, 3.63) is 102 Å². The Morgan fingerprint density at radius 2 is 1.61 bits per heavy atom. The molecule has 7 nitrogen and oxygen atoms in total. The molecule has 4 rings (SSSR count). The smallest absolute Gasteiger partial charge is 0.305 e. The molecule has 0 fully saturated rings. The van der Waals surface area contributed by atoms with Crippen molar-refractivity contribution >= 4 is 17.6 Å². The van der Waals surface area contributed by atoms with E-state index in [0.717, 1.165) is 4.57 Å². The van der Waals surface area contributed by atoms with Crippen LogP contribution >= 0.6 is 0 Å². The van der Waals surface area contributed by atoms with E-state index in [9.17, 15) is 19.8 Å². The second kappa shape index (κ2) is 13.4. The number of rotatable bonds is 12. The fourth-order valence-electron chi connectivity index (χ4n) is 4.17. The summed E-state index contributed by atoms with van der Waals surface area (Å²) in [7, 11) is 0. The van der Waals surface area contributed by atoms with Gasteiger partial charge in [0.2, 0.25) is 0 Å². The van der Waals surface area contributed by atoms with Crippen LogP contribution in [0, 0.1) is 5.82 Å². The maximum Gasteiger partial charge on any atom is 0.305 e. The topological polar surface area (TPSA) is 112 Å². The number of carboxylic acid groups (broad SMARTS) is 1. The number of carboxylic acids is 1. The fourth-order valence-corrected chi connectivity index (χ4v) is 4.17. The molecular weight excluding hydrogens is 523 g/mol. The van der Waals surface area contributed by atoms with Crippen molar-refractivity contribution in [2.75, 3.05) is 5.32 Å². The minimum atomic E-state index is -3.71. The fraction of sp³-hybridized carbons (Fsp3) is 0.273. The molecule has 4 aromatic rings. The third-order valence-corrected chi connectivity index (χ3v) is 5.64. The minimum absolute atomic E-state index is 0.317. The van der Waals surface area contributed by atoms with Crippen LogP contribution in [0.2, 0.25) is 0 Å². The third kappa shape index (κ3) is 7.28. The van der Waals surface area contributed by atoms with Gasteiger partial charge in [0.05, 0.1) is 51.7 Å². The van der Waals surface area contributed by atoms with E-state index < -0.39 is 180 Å². The van der Waals surface area contributed by atoms with Crippen LogP contribution in [0.3, 0.4) is 0 Å². The first-order chi connectivity index (χ1) is 27.4. The Bertz CT molecular complexity index is 2370. The van der Waals surface area contributed by atoms with E-state index in [-0.39, 0.29) is 5.69 Å². The number of amides is 1. The summed E-state index contributed by atoms with van der Waals surface area (Å²) in [5.74, 6) is -6.13. The zero-order chi connectivity index (χ0) is 46.0. The number of para-hydroxylation sites is 1. The second-order valence-corrected chi connectivity index (χ2v) is 8.79. The first-order valence-corrected chi connectivity index (χ1v) is 12.0. The molecule has 0 bridgehead atoms. The van der Waals surface area contributed by atoms with Crippen LogP contribution in [0.25, 0.3) is 23.8 Å². The molecule has 3 aromatic carbocycles. The van der Waals surface area contributed by atoms with Gasteiger partial charge >= 0.3 is 5.97 Å². The van der Waals surface area contributed by atoms with E-state index in [0.29, 0.717) is 0 Å². The quantitative estimate of drug-likeness (QED) is 0.158. The lowest BCUT2D eigenvalue weighted by Gasteiger charge is -2.20. The number of aliphatic carboxylic acids is 1. The molecule has 0 aliphatic carbocycles. The average molecular weight is 578 g/mol. The maximum absolute atomic E-state index is 15.1. The summed E-state index contributed by atoms with van der Waals surface area (Å²) in [4.78, 5) is 26.7. The van der Waals surface area contributed by atoms with Crippen LogP contribution < -0.4 is 5.32 Å². The molecule has 0 radical (unpaired) electrons. The first-order valence-electron chi connectivity index (χ1n) is 21.4. The molecule has 4 N–H and O–H groups in total. The summed E-state index contributed by atoms with van der Waals surface area (Å²) < 4.78 is 173. The molecule has 0 unspecified atom stereocenters. The van der Waals surface area contributed by atoms with Gasteiger partial charge in [-0.3, -0.25) is 9.59 Å². The Kier molecular flexibility index (Phi) is 4.44. The Morgan fingerprint density at radius 1 is 0.976 bits per heavy atom. The van der Waals surface area contributed by atoms with Crippen molar-refractivity contribution in [3.8, 4) is 22.4 Å². The third-order valence-electron chi connectivity index (χ3n) is 5.64. The number of aliphatic hydroxyl groups is 2. The van der Waals surface area contributed by atoms with Gasteiger partial charge in [-0.1, -0.05) is 62.2 Å². The number of carbonyl (C=O) groups excluding carboxylic acids is 1. The van der Waals surface area contributed by atoms with Crippen molar-refractivity contribution < 1.29 is 54.0 Å². The number of nitrogens with one attached hydrogen (secondary N) is 1. The minimum Gasteiger partial charge on any atom is -0.481 e. The van der Waals surface area contributed by atoms with Gasteiger partial charge in [0.25, 0.3) is 7.34 Å². The number of halogens is 1. The predicted octanol–water partition coefficient (Wildman–Crippen LogP) is 6.31. The number of benzene rings is 3. The highest BCUT2D eigenvalue weighted by Crippen LogP contribution is 2.42. The zero-order valence-electron chi connectivity index (χ0n) is 40.6. The molecule has 0 aliphatic heterocycles. The van der Waals surface area contributed by atoms with E-state index >= 15 is 4.39 Å². The number of anilines is 1. The summed E-state index contributed by atoms with van der Waals surface area (Å²) in [6.07, 6.45) is -13.2. The van der Waals surface area contributed by atoms with Crippen LogP contribution in [0.15, 0.2) is 84.6 Å². The van der Waals surface area contributed by atoms with Crippen LogP contribution in [-0.4, -0.2) is 43.9 Å². The molecule has 1 aromatic heterocycles. The first kappa shape index (κ1) is 13.6. The molecule has 0 saturated heterocycles. The number of carbonyl (C=O) groups is 2. The lowest BCUT2D eigenvalue weighted by Crippen LogP contribution is -2.22. The van der Waals surface area contributed by atoms with E-state index in [1.807, 2.05) is 0 Å². The Morgan fingerprint density at radius 3 is 2.22 bits per heavy atom. The van der Waals surface area contributed by atoms with E-state index in [2.05, 4.69) is 10.4 Å². The Hall–Kier alpha value is -4.27. The average Bonchev–Trinajstić information content (AvgIpc) is 3.50. The van der Waals surface area contributed by atoms with Crippen molar-refractivity contribution in [2.45, 2.75) is 57.7 Å². The summed E-state index contributed by atoms with van der Waals surface area (Å²) in [6, 6.07) is -14.2. The van der Waals surface area contributed by atoms with Crippen LogP contribution in [0.5, 0.6) is 0 Å². The number of hydrogen-bond donors (Lipinski definition) is 4. The van der Waals surface area contributed by atoms with Crippen LogP contribution in [0.4, 0.5) is 10.1 Å². The molecule has 214 valence electrons. The SMILES string of the molecule is [2H]OC(=O)C([2H])([2H])[C@@]([2H])(O)C[C@@]([2H])(O)CCn1c(-c2c([2H])c([2H])c(F)c([2H])c2[2H])c(-c2c([2H])c([2H])c([2H])c([2H])c2[2H])c(C(=O)Nc2c([2H])c([2H])c([2H])c([2H])c2[2H])c1C(C)C. The van der Waals surface area contributed by atoms with Gasteiger partial charge < -0.3 is 25.2 Å². The standard InChI is InChI=1S/C33H35FN2O5/c1-21(2)31-30(33(41)35-25-11-7-4-8-12-25)29(22-9-5-3-6-10-22)32(23-13-15-24(34)16-14-23)36(31)18-17-26(37)19-27(38)20-28(39)40/h3-16,21,26-27,37-38H,17-20H2,1-2H3,(H,35,41)(H,39,40)/t26-,27-/m0/s1/i3D,4D,5D,6D,7D,8D,9D,10D,11D,12D,13D,14D,15D,16D,20D2,26D,27D/hD. The summed E-state index contributed by atoms with van der Waals surface area (Å²) in [6.45, 7) is 1.95. The molecule has 8 heteroatoms. The van der Waals surface area contributed by atoms with Crippen molar-refractivity contribution in [2.24, 2.45) is 0 Å². The molecular formula is C33H35FN2O5. The van der Waals surface area contributed by atoms with Crippen LogP contribution in [-0.2, 0) is 11.3 Å². The lowest BCUT2D eigenvalue weighted by molar-refractivity contribution is -0.139. The highest BCUT2D eigenvalue weighted by molar-refractivity contribution is 6.12. The number of hydrogen-bond acceptors (Lipinski definition) is 5. The van der Waals surface area contributed by atoms with Gasteiger partial charge in [0, 0.05) is 26.2 Å². The van der Waals surface area contributed by atoms with Gasteiger partial charge in [-0.05, 0) is 66.1 Å². The highest BCUT2D eigenvalue weighted by Gasteiger charge is 2.31. The maximum atomic E-state index is 15.1. The molecule has 2 atom stereocenters. The highest BCUT2D eigenvalue weighted by atomic mass is 19.1. The van der Waals surface area contributed by atoms with E-state index in [1.54, 1.807) is 0 Å². The normalized spacial score (nSPS) is 21.1. The Balaban J connectivity index is 2.26. The predicted molar refractivity (Wildman–Crippen MR) is 157 cm³/mol. The van der Waals surface area contributed by atoms with E-state index in [4.69, 9.17) is 26.1 Å². The van der Waals surface area contributed by atoms with Crippen LogP contribution in [0.1, 0.15) is 79.7 Å². The van der Waals surface area contributed by atoms with Gasteiger partial charge in [0.15, 0.2) is 0 Å². The molecule has 0 saturated carbocycles. The van der Waals surface area contributed by atoms with Gasteiger partial charge in [-0.25, -0.2) is 4.39 Å². The lowest BCUT2D eigenvalue weighted by atomic mass is 9.94. The molecule has 0 spiro atoms. The summed E-state index contributed by atoms with van der Waals surface area (Å²) in [5, 5.41) is 27.6. The monoisotopic (exact) mass is 577 g/mol. The molecule has 41 heavy (non-hydrogen) atoms. The number of aromatic nitrogens is 1.